The molecule has 180 valence electrons. The number of aryl methyl sites for hydroxylation is 1. The maximum atomic E-state index is 15.3. The van der Waals surface area contributed by atoms with Gasteiger partial charge in [-0.1, -0.05) is 35.9 Å². The molecule has 1 amide bonds. The van der Waals surface area contributed by atoms with Crippen molar-refractivity contribution in [2.24, 2.45) is 0 Å². The number of amides is 1. The highest BCUT2D eigenvalue weighted by Crippen LogP contribution is 2.38. The van der Waals surface area contributed by atoms with Gasteiger partial charge in [0.2, 0.25) is 11.3 Å². The predicted molar refractivity (Wildman–Crippen MR) is 135 cm³/mol. The maximum absolute atomic E-state index is 15.3. The summed E-state index contributed by atoms with van der Waals surface area (Å²) >= 11 is 0. The van der Waals surface area contributed by atoms with Crippen molar-refractivity contribution in [3.8, 4) is 0 Å². The van der Waals surface area contributed by atoms with Crippen LogP contribution in [0.4, 0.5) is 10.1 Å². The summed E-state index contributed by atoms with van der Waals surface area (Å²) in [5.41, 5.74) is 2.65. The number of ketones is 1. The average molecular weight is 474 g/mol. The van der Waals surface area contributed by atoms with Gasteiger partial charge in [0.25, 0.3) is 0 Å². The van der Waals surface area contributed by atoms with Crippen molar-refractivity contribution < 1.29 is 14.0 Å². The fraction of sp³-hybridized carbons (Fsp3) is 0.321. The van der Waals surface area contributed by atoms with Crippen LogP contribution in [0.3, 0.4) is 0 Å². The lowest BCUT2D eigenvalue weighted by atomic mass is 10.0. The molecular weight excluding hydrogens is 445 g/mol. The third-order valence-corrected chi connectivity index (χ3v) is 6.88. The van der Waals surface area contributed by atoms with Crippen molar-refractivity contribution in [1.82, 2.24) is 9.47 Å². The lowest BCUT2D eigenvalue weighted by molar-refractivity contribution is -0.129. The zero-order valence-corrected chi connectivity index (χ0v) is 20.0. The van der Waals surface area contributed by atoms with Crippen LogP contribution in [0.1, 0.15) is 47.3 Å². The Balaban J connectivity index is 1.51. The SMILES string of the molecule is CC(=O)N1CCN(c2cc3c(cc2F)c(=O)c(C(=O)C=Cc2ccc(C)cc2)cn3C2CC2)CC1. The number of carbonyl (C=O) groups excluding carboxylic acids is 2. The topological polar surface area (TPSA) is 62.6 Å². The zero-order valence-electron chi connectivity index (χ0n) is 20.0. The highest BCUT2D eigenvalue weighted by Gasteiger charge is 2.28. The fourth-order valence-electron chi connectivity index (χ4n) is 4.63. The lowest BCUT2D eigenvalue weighted by Crippen LogP contribution is -2.48. The number of allylic oxidation sites excluding steroid dienone is 1. The number of rotatable bonds is 5. The van der Waals surface area contributed by atoms with E-state index in [-0.39, 0.29) is 22.9 Å². The fourth-order valence-corrected chi connectivity index (χ4v) is 4.63. The first kappa shape index (κ1) is 23.0. The van der Waals surface area contributed by atoms with E-state index in [9.17, 15) is 14.4 Å². The number of fused-ring (bicyclic) bond motifs is 1. The number of hydrogen-bond donors (Lipinski definition) is 0. The van der Waals surface area contributed by atoms with Crippen LogP contribution in [0.2, 0.25) is 0 Å². The van der Waals surface area contributed by atoms with E-state index in [1.807, 2.05) is 40.7 Å². The standard InChI is InChI=1S/C28H28FN3O3/c1-18-3-5-20(6-4-18)7-10-27(34)23-17-32(21-8-9-21)25-16-26(24(29)15-22(25)28(23)35)31-13-11-30(12-14-31)19(2)33/h3-7,10,15-17,21H,8-9,11-14H2,1-2H3. The molecule has 0 unspecified atom stereocenters. The Bertz CT molecular complexity index is 1400. The van der Waals surface area contributed by atoms with E-state index in [0.717, 1.165) is 24.0 Å². The Morgan fingerprint density at radius 2 is 1.71 bits per heavy atom. The van der Waals surface area contributed by atoms with Gasteiger partial charge in [0.1, 0.15) is 5.82 Å². The number of nitrogens with zero attached hydrogens (tertiary/aromatic N) is 3. The van der Waals surface area contributed by atoms with Crippen LogP contribution in [0.15, 0.2) is 53.5 Å². The minimum Gasteiger partial charge on any atom is -0.366 e. The van der Waals surface area contributed by atoms with Gasteiger partial charge in [-0.05, 0) is 43.5 Å². The molecule has 0 N–H and O–H groups in total. The van der Waals surface area contributed by atoms with Crippen LogP contribution in [0.25, 0.3) is 17.0 Å². The molecular formula is C28H28FN3O3. The van der Waals surface area contributed by atoms with Gasteiger partial charge in [-0.3, -0.25) is 14.4 Å². The van der Waals surface area contributed by atoms with Crippen LogP contribution in [0, 0.1) is 12.7 Å². The van der Waals surface area contributed by atoms with Crippen molar-refractivity contribution in [3.63, 3.8) is 0 Å². The molecule has 2 aliphatic rings. The number of halogens is 1. The van der Waals surface area contributed by atoms with Crippen LogP contribution < -0.4 is 10.3 Å². The first-order valence-corrected chi connectivity index (χ1v) is 12.0. The van der Waals surface area contributed by atoms with E-state index in [1.54, 1.807) is 23.2 Å². The van der Waals surface area contributed by atoms with E-state index in [2.05, 4.69) is 0 Å². The summed E-state index contributed by atoms with van der Waals surface area (Å²) in [4.78, 5) is 41.6. The second-order valence-corrected chi connectivity index (χ2v) is 9.43. The normalized spacial score (nSPS) is 16.3. The molecule has 0 atom stereocenters. The number of anilines is 1. The Labute approximate surface area is 203 Å². The third-order valence-electron chi connectivity index (χ3n) is 6.88. The lowest BCUT2D eigenvalue weighted by Gasteiger charge is -2.36. The van der Waals surface area contributed by atoms with E-state index < -0.39 is 17.0 Å². The molecule has 1 aromatic heterocycles. The van der Waals surface area contributed by atoms with Gasteiger partial charge in [-0.15, -0.1) is 0 Å². The number of benzene rings is 2. The molecule has 1 aliphatic carbocycles. The number of hydrogen-bond acceptors (Lipinski definition) is 4. The monoisotopic (exact) mass is 473 g/mol. The summed E-state index contributed by atoms with van der Waals surface area (Å²) in [5, 5.41) is 0.218. The van der Waals surface area contributed by atoms with Crippen molar-refractivity contribution in [2.75, 3.05) is 31.1 Å². The van der Waals surface area contributed by atoms with Crippen LogP contribution >= 0.6 is 0 Å². The molecule has 5 rings (SSSR count). The van der Waals surface area contributed by atoms with Gasteiger partial charge < -0.3 is 14.4 Å². The first-order valence-electron chi connectivity index (χ1n) is 12.0. The smallest absolute Gasteiger partial charge is 0.219 e. The van der Waals surface area contributed by atoms with Crippen molar-refractivity contribution in [3.05, 3.63) is 81.4 Å². The van der Waals surface area contributed by atoms with E-state index in [1.165, 1.54) is 19.1 Å². The molecule has 2 heterocycles. The minimum absolute atomic E-state index is 0.0137. The molecule has 35 heavy (non-hydrogen) atoms. The van der Waals surface area contributed by atoms with Crippen LogP contribution in [-0.2, 0) is 4.79 Å². The molecule has 0 radical (unpaired) electrons. The van der Waals surface area contributed by atoms with Gasteiger partial charge in [-0.25, -0.2) is 4.39 Å². The van der Waals surface area contributed by atoms with Gasteiger partial charge >= 0.3 is 0 Å². The molecule has 7 heteroatoms. The summed E-state index contributed by atoms with van der Waals surface area (Å²) in [6.45, 7) is 5.64. The Kier molecular flexibility index (Phi) is 6.01. The van der Waals surface area contributed by atoms with E-state index in [0.29, 0.717) is 37.4 Å². The molecule has 3 aromatic rings. The van der Waals surface area contributed by atoms with E-state index in [4.69, 9.17) is 0 Å². The second-order valence-electron chi connectivity index (χ2n) is 9.43. The average Bonchev–Trinajstić information content (AvgIpc) is 3.69. The van der Waals surface area contributed by atoms with Gasteiger partial charge in [0.05, 0.1) is 16.8 Å². The molecule has 1 aliphatic heterocycles. The van der Waals surface area contributed by atoms with Crippen molar-refractivity contribution in [2.45, 2.75) is 32.7 Å². The highest BCUT2D eigenvalue weighted by atomic mass is 19.1. The molecule has 1 saturated carbocycles. The predicted octanol–water partition coefficient (Wildman–Crippen LogP) is 4.35. The summed E-state index contributed by atoms with van der Waals surface area (Å²) in [6, 6.07) is 10.9. The minimum atomic E-state index is -0.493. The summed E-state index contributed by atoms with van der Waals surface area (Å²) < 4.78 is 17.2. The first-order chi connectivity index (χ1) is 16.8. The molecule has 0 bridgehead atoms. The summed E-state index contributed by atoms with van der Waals surface area (Å²) in [7, 11) is 0. The highest BCUT2D eigenvalue weighted by molar-refractivity contribution is 6.08. The van der Waals surface area contributed by atoms with Crippen molar-refractivity contribution in [1.29, 1.82) is 0 Å². The zero-order chi connectivity index (χ0) is 24.7. The molecule has 2 fully saturated rings. The van der Waals surface area contributed by atoms with Crippen LogP contribution in [0.5, 0.6) is 0 Å². The quantitative estimate of drug-likeness (QED) is 0.408. The summed E-state index contributed by atoms with van der Waals surface area (Å²) in [5.74, 6) is -0.871. The largest absolute Gasteiger partial charge is 0.366 e. The van der Waals surface area contributed by atoms with E-state index >= 15 is 4.39 Å². The molecule has 2 aromatic carbocycles. The number of carbonyl (C=O) groups is 2. The maximum Gasteiger partial charge on any atom is 0.219 e. The van der Waals surface area contributed by atoms with Gasteiger partial charge in [0, 0.05) is 50.7 Å². The number of aromatic nitrogens is 1. The summed E-state index contributed by atoms with van der Waals surface area (Å²) in [6.07, 6.45) is 6.64. The molecule has 1 saturated heterocycles. The third kappa shape index (κ3) is 4.63. The number of pyridine rings is 1. The molecule has 0 spiro atoms. The number of piperazine rings is 1. The Hall–Kier alpha value is -3.74. The van der Waals surface area contributed by atoms with Crippen LogP contribution in [-0.4, -0.2) is 47.3 Å². The Morgan fingerprint density at radius 1 is 1.03 bits per heavy atom. The van der Waals surface area contributed by atoms with Crippen molar-refractivity contribution >= 4 is 34.4 Å². The second kappa shape index (κ2) is 9.13. The van der Waals surface area contributed by atoms with Gasteiger partial charge in [0.15, 0.2) is 5.78 Å². The Morgan fingerprint density at radius 3 is 2.34 bits per heavy atom. The van der Waals surface area contributed by atoms with Gasteiger partial charge in [-0.2, -0.15) is 0 Å². The molecule has 6 nitrogen and oxygen atoms in total.